The first-order valence-corrected chi connectivity index (χ1v) is 10.7. The van der Waals surface area contributed by atoms with Crippen molar-refractivity contribution in [3.05, 3.63) is 65.2 Å². The van der Waals surface area contributed by atoms with Crippen molar-refractivity contribution < 1.29 is 14.3 Å². The molecule has 8 heteroatoms. The van der Waals surface area contributed by atoms with Gasteiger partial charge >= 0.3 is 0 Å². The summed E-state index contributed by atoms with van der Waals surface area (Å²) in [5.41, 5.74) is 4.74. The summed E-state index contributed by atoms with van der Waals surface area (Å²) in [4.78, 5) is 19.2. The highest BCUT2D eigenvalue weighted by Crippen LogP contribution is 2.37. The molecule has 3 aromatic carbocycles. The molecule has 0 aliphatic heterocycles. The van der Waals surface area contributed by atoms with Gasteiger partial charge in [0.05, 0.1) is 36.6 Å². The number of halogens is 1. The maximum atomic E-state index is 12.7. The van der Waals surface area contributed by atoms with Crippen LogP contribution < -0.4 is 19.7 Å². The SMILES string of the molecule is COc1ccc(N(C(C)=O)c2cccc3nc(Nc4c(C)cc(Cl)cc4OC)n(C)c23)cc1. The van der Waals surface area contributed by atoms with Gasteiger partial charge in [0.2, 0.25) is 11.9 Å². The number of anilines is 4. The Bertz CT molecular complexity index is 1330. The van der Waals surface area contributed by atoms with Crippen LogP contribution in [0.5, 0.6) is 11.5 Å². The van der Waals surface area contributed by atoms with Crippen LogP contribution in [0.3, 0.4) is 0 Å². The highest BCUT2D eigenvalue weighted by Gasteiger charge is 2.21. The van der Waals surface area contributed by atoms with E-state index in [2.05, 4.69) is 5.32 Å². The molecular formula is C25H25ClN4O3. The van der Waals surface area contributed by atoms with Crippen LogP contribution in [0, 0.1) is 6.92 Å². The van der Waals surface area contributed by atoms with E-state index in [1.165, 1.54) is 0 Å². The molecule has 33 heavy (non-hydrogen) atoms. The maximum absolute atomic E-state index is 12.7. The largest absolute Gasteiger partial charge is 0.497 e. The van der Waals surface area contributed by atoms with E-state index in [-0.39, 0.29) is 5.91 Å². The van der Waals surface area contributed by atoms with Gasteiger partial charge in [0.1, 0.15) is 11.5 Å². The molecular weight excluding hydrogens is 440 g/mol. The number of carbonyl (C=O) groups is 1. The fourth-order valence-electron chi connectivity index (χ4n) is 3.91. The van der Waals surface area contributed by atoms with Gasteiger partial charge in [-0.1, -0.05) is 17.7 Å². The van der Waals surface area contributed by atoms with Crippen LogP contribution in [-0.4, -0.2) is 29.7 Å². The second-order valence-corrected chi connectivity index (χ2v) is 8.05. The summed E-state index contributed by atoms with van der Waals surface area (Å²) >= 11 is 6.19. The Kier molecular flexibility index (Phi) is 6.16. The second kappa shape index (κ2) is 9.03. The Balaban J connectivity index is 1.83. The molecule has 0 atom stereocenters. The number of rotatable bonds is 6. The molecule has 1 N–H and O–H groups in total. The van der Waals surface area contributed by atoms with Gasteiger partial charge in [0.25, 0.3) is 0 Å². The first-order valence-electron chi connectivity index (χ1n) is 10.4. The third-order valence-corrected chi connectivity index (χ3v) is 5.70. The molecule has 7 nitrogen and oxygen atoms in total. The summed E-state index contributed by atoms with van der Waals surface area (Å²) in [6.45, 7) is 3.49. The van der Waals surface area contributed by atoms with Gasteiger partial charge in [-0.15, -0.1) is 0 Å². The molecule has 1 aromatic heterocycles. The Labute approximate surface area is 197 Å². The lowest BCUT2D eigenvalue weighted by Crippen LogP contribution is -2.23. The van der Waals surface area contributed by atoms with Gasteiger partial charge in [0.15, 0.2) is 0 Å². The summed E-state index contributed by atoms with van der Waals surface area (Å²) in [5, 5.41) is 3.97. The summed E-state index contributed by atoms with van der Waals surface area (Å²) in [6, 6.07) is 16.7. The molecule has 1 heterocycles. The van der Waals surface area contributed by atoms with Gasteiger partial charge in [-0.3, -0.25) is 9.69 Å². The number of ether oxygens (including phenoxy) is 2. The number of amides is 1. The molecule has 0 aliphatic rings. The average molecular weight is 465 g/mol. The molecule has 4 aromatic rings. The smallest absolute Gasteiger partial charge is 0.228 e. The van der Waals surface area contributed by atoms with Crippen LogP contribution in [-0.2, 0) is 11.8 Å². The van der Waals surface area contributed by atoms with Crippen molar-refractivity contribution in [3.63, 3.8) is 0 Å². The molecule has 0 spiro atoms. The van der Waals surface area contributed by atoms with Gasteiger partial charge < -0.3 is 19.4 Å². The normalized spacial score (nSPS) is 10.8. The molecule has 0 fully saturated rings. The number of para-hydroxylation sites is 1. The zero-order chi connectivity index (χ0) is 23.7. The van der Waals surface area contributed by atoms with E-state index in [4.69, 9.17) is 26.1 Å². The topological polar surface area (TPSA) is 68.6 Å². The lowest BCUT2D eigenvalue weighted by atomic mass is 10.2. The third-order valence-electron chi connectivity index (χ3n) is 5.48. The number of hydrogen-bond acceptors (Lipinski definition) is 5. The lowest BCUT2D eigenvalue weighted by Gasteiger charge is -2.23. The van der Waals surface area contributed by atoms with Gasteiger partial charge in [-0.25, -0.2) is 4.98 Å². The van der Waals surface area contributed by atoms with Crippen LogP contribution in [0.25, 0.3) is 11.0 Å². The quantitative estimate of drug-likeness (QED) is 0.380. The van der Waals surface area contributed by atoms with Crippen LogP contribution in [0.4, 0.5) is 23.0 Å². The van der Waals surface area contributed by atoms with Crippen LogP contribution in [0.2, 0.25) is 5.02 Å². The van der Waals surface area contributed by atoms with Crippen LogP contribution in [0.15, 0.2) is 54.6 Å². The summed E-state index contributed by atoms with van der Waals surface area (Å²) in [6.07, 6.45) is 0. The van der Waals surface area contributed by atoms with Crippen molar-refractivity contribution >= 4 is 51.6 Å². The van der Waals surface area contributed by atoms with Crippen molar-refractivity contribution in [1.82, 2.24) is 9.55 Å². The van der Waals surface area contributed by atoms with E-state index in [1.54, 1.807) is 32.1 Å². The molecule has 170 valence electrons. The predicted octanol–water partition coefficient (Wildman–Crippen LogP) is 5.98. The number of fused-ring (bicyclic) bond motifs is 1. The number of nitrogens with one attached hydrogen (secondary N) is 1. The van der Waals surface area contributed by atoms with E-state index >= 15 is 0 Å². The van der Waals surface area contributed by atoms with E-state index in [1.807, 2.05) is 67.1 Å². The molecule has 0 bridgehead atoms. The Morgan fingerprint density at radius 3 is 2.45 bits per heavy atom. The number of aromatic nitrogens is 2. The Morgan fingerprint density at radius 1 is 1.09 bits per heavy atom. The lowest BCUT2D eigenvalue weighted by molar-refractivity contribution is -0.115. The van der Waals surface area contributed by atoms with E-state index in [0.717, 1.165) is 39.4 Å². The summed E-state index contributed by atoms with van der Waals surface area (Å²) in [5.74, 6) is 1.84. The molecule has 0 radical (unpaired) electrons. The Morgan fingerprint density at radius 2 is 1.82 bits per heavy atom. The highest BCUT2D eigenvalue weighted by atomic mass is 35.5. The number of carbonyl (C=O) groups excluding carboxylic acids is 1. The first kappa shape index (κ1) is 22.5. The minimum Gasteiger partial charge on any atom is -0.497 e. The average Bonchev–Trinajstić information content (AvgIpc) is 3.11. The highest BCUT2D eigenvalue weighted by molar-refractivity contribution is 6.31. The summed E-state index contributed by atoms with van der Waals surface area (Å²) in [7, 11) is 5.12. The van der Waals surface area contributed by atoms with Gasteiger partial charge in [-0.2, -0.15) is 0 Å². The minimum atomic E-state index is -0.112. The van der Waals surface area contributed by atoms with Crippen molar-refractivity contribution in [1.29, 1.82) is 0 Å². The molecule has 0 unspecified atom stereocenters. The molecule has 0 aliphatic carbocycles. The number of nitrogens with zero attached hydrogens (tertiary/aromatic N) is 3. The predicted molar refractivity (Wildman–Crippen MR) is 133 cm³/mol. The number of benzene rings is 3. The maximum Gasteiger partial charge on any atom is 0.228 e. The van der Waals surface area contributed by atoms with Crippen molar-refractivity contribution in [2.45, 2.75) is 13.8 Å². The first-order chi connectivity index (χ1) is 15.8. The van der Waals surface area contributed by atoms with E-state index in [9.17, 15) is 4.79 Å². The van der Waals surface area contributed by atoms with Gasteiger partial charge in [0, 0.05) is 30.7 Å². The van der Waals surface area contributed by atoms with Crippen LogP contribution >= 0.6 is 11.6 Å². The Hall–Kier alpha value is -3.71. The molecule has 1 amide bonds. The van der Waals surface area contributed by atoms with E-state index in [0.29, 0.717) is 16.7 Å². The molecule has 4 rings (SSSR count). The number of hydrogen-bond donors (Lipinski definition) is 1. The number of methoxy groups -OCH3 is 2. The number of aryl methyl sites for hydroxylation is 2. The fraction of sp³-hybridized carbons (Fsp3) is 0.200. The van der Waals surface area contributed by atoms with Crippen molar-refractivity contribution in [2.75, 3.05) is 24.4 Å². The van der Waals surface area contributed by atoms with Crippen molar-refractivity contribution in [2.24, 2.45) is 7.05 Å². The summed E-state index contributed by atoms with van der Waals surface area (Å²) < 4.78 is 12.7. The third kappa shape index (κ3) is 4.19. The zero-order valence-corrected chi connectivity index (χ0v) is 19.9. The number of imidazole rings is 1. The zero-order valence-electron chi connectivity index (χ0n) is 19.1. The van der Waals surface area contributed by atoms with E-state index < -0.39 is 0 Å². The molecule has 0 saturated heterocycles. The fourth-order valence-corrected chi connectivity index (χ4v) is 4.17. The molecule has 0 saturated carbocycles. The monoisotopic (exact) mass is 464 g/mol. The van der Waals surface area contributed by atoms with Gasteiger partial charge in [-0.05, 0) is 55.0 Å². The van der Waals surface area contributed by atoms with Crippen LogP contribution in [0.1, 0.15) is 12.5 Å². The standard InChI is InChI=1S/C25H25ClN4O3/c1-15-13-17(26)14-22(33-5)23(15)28-25-27-20-7-6-8-21(24(20)29(25)3)30(16(2)31)18-9-11-19(32-4)12-10-18/h6-14H,1-5H3,(H,27,28). The van der Waals surface area contributed by atoms with Crippen molar-refractivity contribution in [3.8, 4) is 11.5 Å². The minimum absolute atomic E-state index is 0.112. The second-order valence-electron chi connectivity index (χ2n) is 7.62.